The van der Waals surface area contributed by atoms with Crippen LogP contribution in [0.1, 0.15) is 23.1 Å². The summed E-state index contributed by atoms with van der Waals surface area (Å²) in [5.41, 5.74) is 8.70. The molecule has 6 heteroatoms. The fraction of sp³-hybridized carbons (Fsp3) is 0.222. The van der Waals surface area contributed by atoms with Gasteiger partial charge in [-0.3, -0.25) is 4.79 Å². The first-order valence-corrected chi connectivity index (χ1v) is 7.68. The van der Waals surface area contributed by atoms with Gasteiger partial charge in [-0.15, -0.1) is 0 Å². The second kappa shape index (κ2) is 6.80. The number of benzene rings is 2. The number of rotatable bonds is 6. The average Bonchev–Trinajstić information content (AvgIpc) is 2.97. The molecule has 0 aliphatic heterocycles. The Morgan fingerprint density at radius 3 is 2.71 bits per heavy atom. The van der Waals surface area contributed by atoms with E-state index in [0.717, 1.165) is 16.7 Å². The fourth-order valence-electron chi connectivity index (χ4n) is 2.60. The molecule has 1 aromatic heterocycles. The number of carbonyl (C=O) groups is 1. The van der Waals surface area contributed by atoms with Crippen LogP contribution in [0.4, 0.5) is 4.39 Å². The lowest BCUT2D eigenvalue weighted by atomic mass is 10.1. The van der Waals surface area contributed by atoms with Crippen LogP contribution >= 0.6 is 0 Å². The predicted octanol–water partition coefficient (Wildman–Crippen LogP) is 2.63. The van der Waals surface area contributed by atoms with Crippen LogP contribution in [0.2, 0.25) is 0 Å². The van der Waals surface area contributed by atoms with Gasteiger partial charge in [0.1, 0.15) is 17.4 Å². The van der Waals surface area contributed by atoms with E-state index in [2.05, 4.69) is 10.3 Å². The summed E-state index contributed by atoms with van der Waals surface area (Å²) in [4.78, 5) is 16.1. The Labute approximate surface area is 138 Å². The fourth-order valence-corrected chi connectivity index (χ4v) is 2.60. The van der Waals surface area contributed by atoms with Gasteiger partial charge in [0.25, 0.3) is 0 Å². The number of nitrogens with one attached hydrogen (secondary N) is 1. The molecule has 0 spiro atoms. The molecule has 1 amide bonds. The maximum atomic E-state index is 13.0. The predicted molar refractivity (Wildman–Crippen MR) is 88.8 cm³/mol. The third-order valence-corrected chi connectivity index (χ3v) is 3.84. The standard InChI is InChI=1S/C18H18FN3O2/c1-11-3-2-4-14-16(11)22-15(24-14)9-10-21-17(18(20)23)12-5-7-13(19)8-6-12/h2-8,17,21H,9-10H2,1H3,(H2,20,23)/t17-/m1/s1. The van der Waals surface area contributed by atoms with E-state index >= 15 is 0 Å². The number of nitrogens with zero attached hydrogens (tertiary/aromatic N) is 1. The molecule has 0 bridgehead atoms. The van der Waals surface area contributed by atoms with Gasteiger partial charge in [0.05, 0.1) is 0 Å². The van der Waals surface area contributed by atoms with E-state index in [1.54, 1.807) is 12.1 Å². The number of para-hydroxylation sites is 1. The molecule has 5 nitrogen and oxygen atoms in total. The zero-order chi connectivity index (χ0) is 17.1. The van der Waals surface area contributed by atoms with Crippen molar-refractivity contribution < 1.29 is 13.6 Å². The van der Waals surface area contributed by atoms with Crippen LogP contribution in [0.25, 0.3) is 11.1 Å². The van der Waals surface area contributed by atoms with Gasteiger partial charge in [-0.25, -0.2) is 9.37 Å². The minimum absolute atomic E-state index is 0.358. The van der Waals surface area contributed by atoms with Gasteiger partial charge >= 0.3 is 0 Å². The Morgan fingerprint density at radius 2 is 2.04 bits per heavy atom. The monoisotopic (exact) mass is 327 g/mol. The molecule has 0 saturated carbocycles. The lowest BCUT2D eigenvalue weighted by Gasteiger charge is -2.15. The van der Waals surface area contributed by atoms with Crippen LogP contribution in [-0.2, 0) is 11.2 Å². The van der Waals surface area contributed by atoms with E-state index < -0.39 is 11.9 Å². The van der Waals surface area contributed by atoms with Gasteiger partial charge in [0, 0.05) is 13.0 Å². The lowest BCUT2D eigenvalue weighted by Crippen LogP contribution is -2.34. The number of fused-ring (bicyclic) bond motifs is 1. The van der Waals surface area contributed by atoms with Crippen LogP contribution in [0.5, 0.6) is 0 Å². The largest absolute Gasteiger partial charge is 0.441 e. The van der Waals surface area contributed by atoms with Crippen molar-refractivity contribution in [2.45, 2.75) is 19.4 Å². The van der Waals surface area contributed by atoms with Crippen LogP contribution < -0.4 is 11.1 Å². The average molecular weight is 327 g/mol. The van der Waals surface area contributed by atoms with Crippen LogP contribution in [-0.4, -0.2) is 17.4 Å². The first kappa shape index (κ1) is 16.1. The number of amides is 1. The summed E-state index contributed by atoms with van der Waals surface area (Å²) < 4.78 is 18.7. The quantitative estimate of drug-likeness (QED) is 0.729. The Morgan fingerprint density at radius 1 is 1.29 bits per heavy atom. The zero-order valence-corrected chi connectivity index (χ0v) is 13.3. The van der Waals surface area contributed by atoms with E-state index in [9.17, 15) is 9.18 Å². The summed E-state index contributed by atoms with van der Waals surface area (Å²) in [5.74, 6) is -0.284. The number of oxazole rings is 1. The highest BCUT2D eigenvalue weighted by Gasteiger charge is 2.17. The molecule has 124 valence electrons. The zero-order valence-electron chi connectivity index (χ0n) is 13.3. The summed E-state index contributed by atoms with van der Waals surface area (Å²) in [6.07, 6.45) is 0.513. The molecular weight excluding hydrogens is 309 g/mol. The summed E-state index contributed by atoms with van der Waals surface area (Å²) in [6, 6.07) is 10.8. The van der Waals surface area contributed by atoms with Crippen LogP contribution in [0, 0.1) is 12.7 Å². The molecular formula is C18H18FN3O2. The summed E-state index contributed by atoms with van der Waals surface area (Å²) >= 11 is 0. The minimum Gasteiger partial charge on any atom is -0.441 e. The summed E-state index contributed by atoms with van der Waals surface area (Å²) in [5, 5.41) is 3.07. The van der Waals surface area contributed by atoms with Gasteiger partial charge in [0.15, 0.2) is 11.5 Å². The van der Waals surface area contributed by atoms with Crippen molar-refractivity contribution in [3.05, 3.63) is 65.3 Å². The molecule has 3 aromatic rings. The molecule has 1 heterocycles. The minimum atomic E-state index is -0.684. The van der Waals surface area contributed by atoms with Crippen molar-refractivity contribution in [2.24, 2.45) is 5.73 Å². The number of aromatic nitrogens is 1. The maximum absolute atomic E-state index is 13.0. The van der Waals surface area contributed by atoms with Crippen molar-refractivity contribution in [3.63, 3.8) is 0 Å². The maximum Gasteiger partial charge on any atom is 0.239 e. The van der Waals surface area contributed by atoms with Crippen molar-refractivity contribution in [1.82, 2.24) is 10.3 Å². The molecule has 3 rings (SSSR count). The molecule has 0 saturated heterocycles. The van der Waals surface area contributed by atoms with Crippen molar-refractivity contribution in [1.29, 1.82) is 0 Å². The Bertz CT molecular complexity index is 858. The second-order valence-corrected chi connectivity index (χ2v) is 5.62. The molecule has 0 aliphatic rings. The molecule has 2 aromatic carbocycles. The lowest BCUT2D eigenvalue weighted by molar-refractivity contribution is -0.120. The smallest absolute Gasteiger partial charge is 0.239 e. The number of halogens is 1. The number of aryl methyl sites for hydroxylation is 1. The van der Waals surface area contributed by atoms with Gasteiger partial charge in [-0.1, -0.05) is 24.3 Å². The highest BCUT2D eigenvalue weighted by atomic mass is 19.1. The summed E-state index contributed by atoms with van der Waals surface area (Å²) in [7, 11) is 0. The van der Waals surface area contributed by atoms with E-state index in [0.29, 0.717) is 24.4 Å². The number of primary amides is 1. The van der Waals surface area contributed by atoms with Crippen LogP contribution in [0.3, 0.4) is 0 Å². The number of nitrogens with two attached hydrogens (primary N) is 1. The summed E-state index contributed by atoms with van der Waals surface area (Å²) in [6.45, 7) is 2.43. The van der Waals surface area contributed by atoms with Gasteiger partial charge in [0.2, 0.25) is 5.91 Å². The molecule has 0 aliphatic carbocycles. The molecule has 0 radical (unpaired) electrons. The molecule has 3 N–H and O–H groups in total. The Balaban J connectivity index is 1.67. The second-order valence-electron chi connectivity index (χ2n) is 5.62. The normalized spacial score (nSPS) is 12.4. The van der Waals surface area contributed by atoms with Crippen LogP contribution in [0.15, 0.2) is 46.9 Å². The molecule has 1 atom stereocenters. The topological polar surface area (TPSA) is 81.1 Å². The highest BCUT2D eigenvalue weighted by Crippen LogP contribution is 2.19. The van der Waals surface area contributed by atoms with Crippen molar-refractivity contribution in [3.8, 4) is 0 Å². The Kier molecular flexibility index (Phi) is 4.57. The number of hydrogen-bond donors (Lipinski definition) is 2. The van der Waals surface area contributed by atoms with E-state index in [1.165, 1.54) is 12.1 Å². The van der Waals surface area contributed by atoms with E-state index in [-0.39, 0.29) is 5.82 Å². The van der Waals surface area contributed by atoms with Crippen molar-refractivity contribution in [2.75, 3.05) is 6.54 Å². The van der Waals surface area contributed by atoms with Gasteiger partial charge in [-0.05, 0) is 36.2 Å². The van der Waals surface area contributed by atoms with E-state index in [1.807, 2.05) is 25.1 Å². The van der Waals surface area contributed by atoms with E-state index in [4.69, 9.17) is 10.2 Å². The van der Waals surface area contributed by atoms with Gasteiger partial charge in [-0.2, -0.15) is 0 Å². The molecule has 0 fully saturated rings. The Hall–Kier alpha value is -2.73. The third kappa shape index (κ3) is 3.44. The number of hydrogen-bond acceptors (Lipinski definition) is 4. The first-order valence-electron chi connectivity index (χ1n) is 7.68. The molecule has 24 heavy (non-hydrogen) atoms. The first-order chi connectivity index (χ1) is 11.5. The molecule has 0 unspecified atom stereocenters. The number of carbonyl (C=O) groups excluding carboxylic acids is 1. The van der Waals surface area contributed by atoms with Crippen molar-refractivity contribution >= 4 is 17.0 Å². The van der Waals surface area contributed by atoms with Gasteiger partial charge < -0.3 is 15.5 Å². The highest BCUT2D eigenvalue weighted by molar-refractivity contribution is 5.81. The SMILES string of the molecule is Cc1cccc2oc(CCN[C@@H](C(N)=O)c3ccc(F)cc3)nc12. The third-order valence-electron chi connectivity index (χ3n) is 3.84.